The number of aromatic carboxylic acids is 1. The number of pyridine rings is 1. The molecule has 0 atom stereocenters. The summed E-state index contributed by atoms with van der Waals surface area (Å²) in [4.78, 5) is 16.6. The van der Waals surface area contributed by atoms with Crippen molar-refractivity contribution in [3.63, 3.8) is 0 Å². The van der Waals surface area contributed by atoms with E-state index >= 15 is 0 Å². The minimum absolute atomic E-state index is 0.110. The van der Waals surface area contributed by atoms with Crippen molar-refractivity contribution >= 4 is 44.1 Å². The van der Waals surface area contributed by atoms with Gasteiger partial charge >= 0.3 is 5.97 Å². The molecule has 0 bridgehead atoms. The Hall–Kier alpha value is -1.79. The molecule has 0 amide bonds. The van der Waals surface area contributed by atoms with Gasteiger partial charge in [-0.2, -0.15) is 0 Å². The number of nitrogens with zero attached hydrogens (tertiary/aromatic N) is 1. The summed E-state index contributed by atoms with van der Waals surface area (Å²) >= 11 is 4.52. The molecule has 0 aliphatic carbocycles. The number of rotatable bonds is 2. The zero-order chi connectivity index (χ0) is 14.3. The van der Waals surface area contributed by atoms with Crippen LogP contribution in [0.15, 0.2) is 40.2 Å². The van der Waals surface area contributed by atoms with Gasteiger partial charge in [-0.05, 0) is 39.5 Å². The molecule has 3 aromatic rings. The maximum Gasteiger partial charge on any atom is 0.336 e. The summed E-state index contributed by atoms with van der Waals surface area (Å²) in [6.45, 7) is 0. The molecule has 0 fully saturated rings. The zero-order valence-corrected chi connectivity index (χ0v) is 12.3. The van der Waals surface area contributed by atoms with Crippen LogP contribution in [-0.2, 0) is 0 Å². The molecule has 3 nitrogen and oxygen atoms in total. The van der Waals surface area contributed by atoms with Gasteiger partial charge in [0.25, 0.3) is 0 Å². The highest BCUT2D eigenvalue weighted by Crippen LogP contribution is 2.30. The highest BCUT2D eigenvalue weighted by atomic mass is 79.9. The third-order valence-corrected chi connectivity index (χ3v) is 4.35. The van der Waals surface area contributed by atoms with Gasteiger partial charge in [-0.25, -0.2) is 14.2 Å². The van der Waals surface area contributed by atoms with Crippen LogP contribution in [0.2, 0.25) is 0 Å². The van der Waals surface area contributed by atoms with E-state index in [1.807, 2.05) is 17.5 Å². The second-order valence-corrected chi connectivity index (χ2v) is 5.92. The number of carboxylic acids is 1. The van der Waals surface area contributed by atoms with Crippen molar-refractivity contribution in [2.45, 2.75) is 0 Å². The second kappa shape index (κ2) is 4.96. The molecule has 2 heterocycles. The molecule has 0 aliphatic heterocycles. The molecule has 100 valence electrons. The Morgan fingerprint density at radius 1 is 1.35 bits per heavy atom. The Morgan fingerprint density at radius 3 is 2.80 bits per heavy atom. The van der Waals surface area contributed by atoms with Crippen LogP contribution >= 0.6 is 27.3 Å². The molecule has 20 heavy (non-hydrogen) atoms. The third-order valence-electron chi connectivity index (χ3n) is 2.85. The van der Waals surface area contributed by atoms with E-state index in [1.165, 1.54) is 29.5 Å². The van der Waals surface area contributed by atoms with Gasteiger partial charge < -0.3 is 5.11 Å². The largest absolute Gasteiger partial charge is 0.478 e. The number of halogens is 2. The molecule has 0 unspecified atom stereocenters. The van der Waals surface area contributed by atoms with Gasteiger partial charge in [0.1, 0.15) is 5.82 Å². The first-order chi connectivity index (χ1) is 9.56. The highest BCUT2D eigenvalue weighted by molar-refractivity contribution is 9.10. The number of hydrogen-bond acceptors (Lipinski definition) is 3. The molecule has 3 rings (SSSR count). The molecule has 0 spiro atoms. The summed E-state index contributed by atoms with van der Waals surface area (Å²) in [5, 5.41) is 11.6. The quantitative estimate of drug-likeness (QED) is 0.735. The maximum atomic E-state index is 13.6. The first-order valence-electron chi connectivity index (χ1n) is 5.63. The van der Waals surface area contributed by atoms with Gasteiger partial charge in [-0.3, -0.25) is 0 Å². The standard InChI is InChI=1S/C14H7BrFNO2S/c15-9-4-7-8(14(18)19)5-12(13-2-1-3-20-13)17-11(7)6-10(9)16/h1-6H,(H,18,19). The third kappa shape index (κ3) is 2.21. The van der Waals surface area contributed by atoms with Gasteiger partial charge in [0.05, 0.1) is 26.1 Å². The average molecular weight is 352 g/mol. The van der Waals surface area contributed by atoms with Crippen LogP contribution in [0.5, 0.6) is 0 Å². The normalized spacial score (nSPS) is 10.9. The van der Waals surface area contributed by atoms with Crippen molar-refractivity contribution in [1.82, 2.24) is 4.98 Å². The molecular formula is C14H7BrFNO2S. The summed E-state index contributed by atoms with van der Waals surface area (Å²) in [6.07, 6.45) is 0. The minimum atomic E-state index is -1.06. The van der Waals surface area contributed by atoms with Crippen molar-refractivity contribution in [2.24, 2.45) is 0 Å². The summed E-state index contributed by atoms with van der Waals surface area (Å²) in [5.74, 6) is -1.53. The van der Waals surface area contributed by atoms with E-state index in [0.717, 1.165) is 4.88 Å². The van der Waals surface area contributed by atoms with Gasteiger partial charge in [0, 0.05) is 11.5 Å². The average Bonchev–Trinajstić information content (AvgIpc) is 2.92. The lowest BCUT2D eigenvalue weighted by molar-refractivity contribution is 0.0699. The fraction of sp³-hybridized carbons (Fsp3) is 0. The fourth-order valence-corrected chi connectivity index (χ4v) is 2.98. The molecule has 6 heteroatoms. The van der Waals surface area contributed by atoms with Crippen molar-refractivity contribution in [1.29, 1.82) is 0 Å². The Bertz CT molecular complexity index is 818. The lowest BCUT2D eigenvalue weighted by Gasteiger charge is -2.07. The van der Waals surface area contributed by atoms with Crippen LogP contribution < -0.4 is 0 Å². The Morgan fingerprint density at radius 2 is 2.15 bits per heavy atom. The SMILES string of the molecule is O=C(O)c1cc(-c2cccs2)nc2cc(F)c(Br)cc12. The maximum absolute atomic E-state index is 13.6. The molecule has 0 aliphatic rings. The summed E-state index contributed by atoms with van der Waals surface area (Å²) in [6, 6.07) is 7.90. The fourth-order valence-electron chi connectivity index (χ4n) is 1.95. The number of thiophene rings is 1. The van der Waals surface area contributed by atoms with Gasteiger partial charge in [0.2, 0.25) is 0 Å². The van der Waals surface area contributed by atoms with Crippen LogP contribution in [-0.4, -0.2) is 16.1 Å². The number of benzene rings is 1. The zero-order valence-electron chi connectivity index (χ0n) is 9.93. The van der Waals surface area contributed by atoms with Crippen LogP contribution in [0.4, 0.5) is 4.39 Å². The minimum Gasteiger partial charge on any atom is -0.478 e. The Labute approximate surface area is 125 Å². The molecule has 1 N–H and O–H groups in total. The number of hydrogen-bond donors (Lipinski definition) is 1. The molecule has 2 aromatic heterocycles. The molecule has 0 saturated heterocycles. The summed E-state index contributed by atoms with van der Waals surface area (Å²) in [5.41, 5.74) is 0.972. The van der Waals surface area contributed by atoms with E-state index in [9.17, 15) is 14.3 Å². The first-order valence-corrected chi connectivity index (χ1v) is 7.30. The van der Waals surface area contributed by atoms with Crippen LogP contribution in [0.3, 0.4) is 0 Å². The smallest absolute Gasteiger partial charge is 0.336 e. The van der Waals surface area contributed by atoms with E-state index in [0.29, 0.717) is 16.6 Å². The number of carboxylic acid groups (broad SMARTS) is 1. The van der Waals surface area contributed by atoms with Crippen molar-refractivity contribution in [2.75, 3.05) is 0 Å². The lowest BCUT2D eigenvalue weighted by Crippen LogP contribution is -2.00. The van der Waals surface area contributed by atoms with Crippen LogP contribution in [0.1, 0.15) is 10.4 Å². The van der Waals surface area contributed by atoms with Crippen LogP contribution in [0, 0.1) is 5.82 Å². The molecule has 1 aromatic carbocycles. The summed E-state index contributed by atoms with van der Waals surface area (Å²) < 4.78 is 13.8. The van der Waals surface area contributed by atoms with Crippen LogP contribution in [0.25, 0.3) is 21.5 Å². The summed E-state index contributed by atoms with van der Waals surface area (Å²) in [7, 11) is 0. The van der Waals surface area contributed by atoms with Crippen molar-refractivity contribution in [3.05, 3.63) is 51.6 Å². The monoisotopic (exact) mass is 351 g/mol. The van der Waals surface area contributed by atoms with Gasteiger partial charge in [-0.1, -0.05) is 6.07 Å². The van der Waals surface area contributed by atoms with E-state index < -0.39 is 11.8 Å². The van der Waals surface area contributed by atoms with E-state index in [1.54, 1.807) is 0 Å². The van der Waals surface area contributed by atoms with E-state index in [-0.39, 0.29) is 10.0 Å². The highest BCUT2D eigenvalue weighted by Gasteiger charge is 2.15. The number of carbonyl (C=O) groups is 1. The molecule has 0 saturated carbocycles. The predicted molar refractivity (Wildman–Crippen MR) is 79.7 cm³/mol. The predicted octanol–water partition coefficient (Wildman–Crippen LogP) is 4.56. The van der Waals surface area contributed by atoms with E-state index in [2.05, 4.69) is 20.9 Å². The van der Waals surface area contributed by atoms with Gasteiger partial charge in [-0.15, -0.1) is 11.3 Å². The number of fused-ring (bicyclic) bond motifs is 1. The molecular weight excluding hydrogens is 345 g/mol. The second-order valence-electron chi connectivity index (χ2n) is 4.12. The topological polar surface area (TPSA) is 50.2 Å². The van der Waals surface area contributed by atoms with E-state index in [4.69, 9.17) is 0 Å². The Balaban J connectivity index is 2.36. The molecule has 0 radical (unpaired) electrons. The Kier molecular flexibility index (Phi) is 3.27. The number of aromatic nitrogens is 1. The van der Waals surface area contributed by atoms with Crippen molar-refractivity contribution < 1.29 is 14.3 Å². The van der Waals surface area contributed by atoms with Crippen molar-refractivity contribution in [3.8, 4) is 10.6 Å². The first kappa shape index (κ1) is 13.2. The van der Waals surface area contributed by atoms with Gasteiger partial charge in [0.15, 0.2) is 0 Å². The lowest BCUT2D eigenvalue weighted by atomic mass is 10.1.